The molecule has 0 amide bonds. The van der Waals surface area contributed by atoms with Gasteiger partial charge in [0.05, 0.1) is 13.0 Å². The zero-order valence-corrected chi connectivity index (χ0v) is 11.6. The number of ether oxygens (including phenoxy) is 1. The van der Waals surface area contributed by atoms with Gasteiger partial charge in [-0.15, -0.1) is 0 Å². The summed E-state index contributed by atoms with van der Waals surface area (Å²) in [5.74, 6) is 1.79. The van der Waals surface area contributed by atoms with Gasteiger partial charge in [0, 0.05) is 0 Å². The van der Waals surface area contributed by atoms with Crippen molar-refractivity contribution < 1.29 is 9.53 Å². The Labute approximate surface area is 111 Å². The predicted octanol–water partition coefficient (Wildman–Crippen LogP) is 4.25. The number of rotatable bonds is 4. The number of allylic oxidation sites excluding steroid dienone is 1. The van der Waals surface area contributed by atoms with Gasteiger partial charge < -0.3 is 4.74 Å². The number of esters is 1. The second-order valence-electron chi connectivity index (χ2n) is 5.78. The molecular formula is C16H26O2. The first-order valence-electron chi connectivity index (χ1n) is 7.63. The Hall–Kier alpha value is -0.790. The molecule has 0 aromatic rings. The van der Waals surface area contributed by atoms with Gasteiger partial charge in [0.2, 0.25) is 0 Å². The van der Waals surface area contributed by atoms with E-state index in [0.29, 0.717) is 13.0 Å². The molecule has 1 fully saturated rings. The fourth-order valence-electron chi connectivity index (χ4n) is 3.50. The van der Waals surface area contributed by atoms with Gasteiger partial charge >= 0.3 is 5.97 Å². The van der Waals surface area contributed by atoms with Gasteiger partial charge in [0.15, 0.2) is 0 Å². The van der Waals surface area contributed by atoms with E-state index in [2.05, 4.69) is 6.08 Å². The Kier molecular flexibility index (Phi) is 5.27. The molecule has 1 saturated carbocycles. The van der Waals surface area contributed by atoms with Crippen molar-refractivity contribution in [1.29, 1.82) is 0 Å². The molecular weight excluding hydrogens is 224 g/mol. The van der Waals surface area contributed by atoms with E-state index in [0.717, 1.165) is 18.3 Å². The molecule has 0 aromatic carbocycles. The van der Waals surface area contributed by atoms with Crippen molar-refractivity contribution in [3.05, 3.63) is 11.6 Å². The SMILES string of the molecule is CCOC(=O)CC1=CC[C@H](C2CCCCC2)CC1. The Morgan fingerprint density at radius 3 is 2.61 bits per heavy atom. The summed E-state index contributed by atoms with van der Waals surface area (Å²) in [6.45, 7) is 2.36. The van der Waals surface area contributed by atoms with Crippen molar-refractivity contribution in [1.82, 2.24) is 0 Å². The molecule has 0 bridgehead atoms. The maximum atomic E-state index is 11.4. The molecule has 18 heavy (non-hydrogen) atoms. The molecule has 2 aliphatic rings. The van der Waals surface area contributed by atoms with E-state index in [-0.39, 0.29) is 5.97 Å². The minimum atomic E-state index is -0.0557. The van der Waals surface area contributed by atoms with Gasteiger partial charge in [-0.25, -0.2) is 0 Å². The first kappa shape index (κ1) is 13.6. The summed E-state index contributed by atoms with van der Waals surface area (Å²) in [4.78, 5) is 11.4. The van der Waals surface area contributed by atoms with Crippen LogP contribution in [0.25, 0.3) is 0 Å². The summed E-state index contributed by atoms with van der Waals surface area (Å²) in [6, 6.07) is 0. The van der Waals surface area contributed by atoms with Crippen LogP contribution in [-0.2, 0) is 9.53 Å². The van der Waals surface area contributed by atoms with Gasteiger partial charge in [0.1, 0.15) is 0 Å². The van der Waals surface area contributed by atoms with Crippen molar-refractivity contribution in [3.8, 4) is 0 Å². The van der Waals surface area contributed by atoms with Crippen molar-refractivity contribution in [2.75, 3.05) is 6.61 Å². The predicted molar refractivity (Wildman–Crippen MR) is 73.2 cm³/mol. The molecule has 0 unspecified atom stereocenters. The van der Waals surface area contributed by atoms with Crippen molar-refractivity contribution in [3.63, 3.8) is 0 Å². The molecule has 0 saturated heterocycles. The molecule has 0 heterocycles. The molecule has 1 atom stereocenters. The largest absolute Gasteiger partial charge is 0.466 e. The van der Waals surface area contributed by atoms with Crippen molar-refractivity contribution in [2.45, 2.75) is 64.7 Å². The monoisotopic (exact) mass is 250 g/mol. The quantitative estimate of drug-likeness (QED) is 0.551. The normalized spacial score (nSPS) is 25.6. The first-order valence-corrected chi connectivity index (χ1v) is 7.63. The second-order valence-corrected chi connectivity index (χ2v) is 5.78. The van der Waals surface area contributed by atoms with Crippen LogP contribution in [0.1, 0.15) is 64.7 Å². The summed E-state index contributed by atoms with van der Waals surface area (Å²) in [5, 5.41) is 0. The van der Waals surface area contributed by atoms with Crippen LogP contribution in [0.4, 0.5) is 0 Å². The van der Waals surface area contributed by atoms with Crippen LogP contribution in [0.3, 0.4) is 0 Å². The Morgan fingerprint density at radius 1 is 1.22 bits per heavy atom. The molecule has 0 aliphatic heterocycles. The lowest BCUT2D eigenvalue weighted by Gasteiger charge is -2.32. The van der Waals surface area contributed by atoms with E-state index in [1.807, 2.05) is 6.92 Å². The number of hydrogen-bond donors (Lipinski definition) is 0. The zero-order chi connectivity index (χ0) is 12.8. The van der Waals surface area contributed by atoms with Crippen LogP contribution in [0.15, 0.2) is 11.6 Å². The molecule has 0 spiro atoms. The third-order valence-corrected chi connectivity index (χ3v) is 4.54. The molecule has 0 aromatic heterocycles. The lowest BCUT2D eigenvalue weighted by Crippen LogP contribution is -2.20. The smallest absolute Gasteiger partial charge is 0.309 e. The summed E-state index contributed by atoms with van der Waals surface area (Å²) in [5.41, 5.74) is 1.31. The highest BCUT2D eigenvalue weighted by Gasteiger charge is 2.25. The maximum Gasteiger partial charge on any atom is 0.309 e. The molecule has 2 rings (SSSR count). The van der Waals surface area contributed by atoms with Gasteiger partial charge in [0.25, 0.3) is 0 Å². The Bertz CT molecular complexity index is 300. The number of hydrogen-bond acceptors (Lipinski definition) is 2. The Balaban J connectivity index is 1.78. The highest BCUT2D eigenvalue weighted by molar-refractivity contribution is 5.72. The average Bonchev–Trinajstić information content (AvgIpc) is 2.41. The van der Waals surface area contributed by atoms with Gasteiger partial charge in [-0.2, -0.15) is 0 Å². The lowest BCUT2D eigenvalue weighted by atomic mass is 9.74. The highest BCUT2D eigenvalue weighted by atomic mass is 16.5. The minimum Gasteiger partial charge on any atom is -0.466 e. The van der Waals surface area contributed by atoms with Crippen LogP contribution >= 0.6 is 0 Å². The van der Waals surface area contributed by atoms with Crippen molar-refractivity contribution >= 4 is 5.97 Å². The van der Waals surface area contributed by atoms with Crippen LogP contribution in [0.2, 0.25) is 0 Å². The van der Waals surface area contributed by atoms with E-state index in [1.54, 1.807) is 0 Å². The third kappa shape index (κ3) is 3.86. The van der Waals surface area contributed by atoms with E-state index in [1.165, 1.54) is 50.5 Å². The number of carbonyl (C=O) groups is 1. The van der Waals surface area contributed by atoms with E-state index in [9.17, 15) is 4.79 Å². The van der Waals surface area contributed by atoms with Crippen LogP contribution in [0, 0.1) is 11.8 Å². The molecule has 2 heteroatoms. The van der Waals surface area contributed by atoms with E-state index < -0.39 is 0 Å². The summed E-state index contributed by atoms with van der Waals surface area (Å²) in [7, 11) is 0. The summed E-state index contributed by atoms with van der Waals surface area (Å²) >= 11 is 0. The molecule has 0 N–H and O–H groups in total. The lowest BCUT2D eigenvalue weighted by molar-refractivity contribution is -0.142. The van der Waals surface area contributed by atoms with Crippen LogP contribution in [-0.4, -0.2) is 12.6 Å². The fraction of sp³-hybridized carbons (Fsp3) is 0.812. The molecule has 2 aliphatic carbocycles. The van der Waals surface area contributed by atoms with Crippen LogP contribution in [0.5, 0.6) is 0 Å². The van der Waals surface area contributed by atoms with Crippen molar-refractivity contribution in [2.24, 2.45) is 11.8 Å². The van der Waals surface area contributed by atoms with E-state index in [4.69, 9.17) is 4.74 Å². The topological polar surface area (TPSA) is 26.3 Å². The molecule has 2 nitrogen and oxygen atoms in total. The first-order chi connectivity index (χ1) is 8.79. The highest BCUT2D eigenvalue weighted by Crippen LogP contribution is 2.38. The summed E-state index contributed by atoms with van der Waals surface area (Å²) < 4.78 is 5.01. The summed E-state index contributed by atoms with van der Waals surface area (Å²) in [6.07, 6.45) is 13.6. The molecule has 0 radical (unpaired) electrons. The fourth-order valence-corrected chi connectivity index (χ4v) is 3.50. The minimum absolute atomic E-state index is 0.0557. The Morgan fingerprint density at radius 2 is 2.00 bits per heavy atom. The van der Waals surface area contributed by atoms with E-state index >= 15 is 0 Å². The van der Waals surface area contributed by atoms with Gasteiger partial charge in [-0.1, -0.05) is 43.8 Å². The standard InChI is InChI=1S/C16H26O2/c1-2-18-16(17)12-13-8-10-15(11-9-13)14-6-4-3-5-7-14/h8,14-15H,2-7,9-12H2,1H3/t15-/m0/s1. The maximum absolute atomic E-state index is 11.4. The van der Waals surface area contributed by atoms with Crippen LogP contribution < -0.4 is 0 Å². The van der Waals surface area contributed by atoms with Gasteiger partial charge in [-0.05, 0) is 38.0 Å². The van der Waals surface area contributed by atoms with Gasteiger partial charge in [-0.3, -0.25) is 4.79 Å². The second kappa shape index (κ2) is 6.96. The third-order valence-electron chi connectivity index (χ3n) is 4.54. The number of carbonyl (C=O) groups excluding carboxylic acids is 1. The zero-order valence-electron chi connectivity index (χ0n) is 11.6. The average molecular weight is 250 g/mol. The molecule has 102 valence electrons.